The number of para-hydroxylation sites is 2. The molecule has 7 heteroatoms. The van der Waals surface area contributed by atoms with E-state index < -0.39 is 19.5 Å². The van der Waals surface area contributed by atoms with Gasteiger partial charge in [0, 0.05) is 0 Å². The van der Waals surface area contributed by atoms with E-state index in [-0.39, 0.29) is 6.61 Å². The Bertz CT molecular complexity index is 1220. The Hall–Kier alpha value is -4.02. The van der Waals surface area contributed by atoms with Crippen molar-refractivity contribution in [3.8, 4) is 11.5 Å². The monoisotopic (exact) mass is 487 g/mol. The van der Waals surface area contributed by atoms with Gasteiger partial charge in [0.25, 0.3) is 0 Å². The van der Waals surface area contributed by atoms with Crippen LogP contribution in [0.25, 0.3) is 0 Å². The molecule has 0 fully saturated rings. The molecule has 4 aromatic rings. The third kappa shape index (κ3) is 6.75. The molecule has 0 aromatic heterocycles. The fraction of sp³-hybridized carbons (Fsp3) is 0.107. The highest BCUT2D eigenvalue weighted by molar-refractivity contribution is 7.55. The van der Waals surface area contributed by atoms with E-state index in [9.17, 15) is 9.36 Å². The predicted molar refractivity (Wildman–Crippen MR) is 135 cm³/mol. The smallest absolute Gasteiger partial charge is 0.445 e. The third-order valence-corrected chi connectivity index (χ3v) is 7.12. The molecule has 0 aliphatic rings. The molecule has 0 bridgehead atoms. The van der Waals surface area contributed by atoms with Crippen molar-refractivity contribution in [2.24, 2.45) is 0 Å². The molecular weight excluding hydrogens is 461 g/mol. The number of carbonyl (C=O) groups excluding carboxylic acids is 1. The van der Waals surface area contributed by atoms with Crippen molar-refractivity contribution in [3.63, 3.8) is 0 Å². The number of hydrogen-bond acceptors (Lipinski definition) is 5. The Morgan fingerprint density at radius 3 is 1.74 bits per heavy atom. The number of alkyl carbamates (subject to hydrolysis) is 1. The van der Waals surface area contributed by atoms with Crippen molar-refractivity contribution in [1.29, 1.82) is 0 Å². The first-order valence-corrected chi connectivity index (χ1v) is 12.8. The number of amides is 1. The molecule has 0 aliphatic carbocycles. The zero-order valence-electron chi connectivity index (χ0n) is 19.2. The van der Waals surface area contributed by atoms with E-state index in [0.717, 1.165) is 11.1 Å². The van der Waals surface area contributed by atoms with Crippen LogP contribution in [-0.2, 0) is 15.9 Å². The van der Waals surface area contributed by atoms with Crippen LogP contribution in [0.15, 0.2) is 115 Å². The summed E-state index contributed by atoms with van der Waals surface area (Å²) in [6.45, 7) is 2.01. The van der Waals surface area contributed by atoms with Gasteiger partial charge >= 0.3 is 13.7 Å². The van der Waals surface area contributed by atoms with Crippen molar-refractivity contribution < 1.29 is 23.1 Å². The van der Waals surface area contributed by atoms with Crippen LogP contribution in [-0.4, -0.2) is 6.09 Å². The van der Waals surface area contributed by atoms with Crippen molar-refractivity contribution in [2.45, 2.75) is 19.3 Å². The average molecular weight is 487 g/mol. The second-order valence-electron chi connectivity index (χ2n) is 7.87. The molecule has 178 valence electrons. The minimum atomic E-state index is -4.07. The van der Waals surface area contributed by atoms with E-state index in [1.807, 2.05) is 61.5 Å². The number of nitrogens with one attached hydrogen (secondary N) is 1. The highest BCUT2D eigenvalue weighted by atomic mass is 31.2. The van der Waals surface area contributed by atoms with Crippen LogP contribution in [0.4, 0.5) is 4.79 Å². The summed E-state index contributed by atoms with van der Waals surface area (Å²) in [6.07, 6.45) is -0.743. The SMILES string of the molecule is Cc1ccc(C(NC(=O)OCc2ccccc2)P(=O)(Oc2ccccc2)Oc2ccccc2)cc1. The Kier molecular flexibility index (Phi) is 7.86. The van der Waals surface area contributed by atoms with E-state index in [4.69, 9.17) is 13.8 Å². The van der Waals surface area contributed by atoms with Crippen LogP contribution in [0.1, 0.15) is 22.5 Å². The number of ether oxygens (including phenoxy) is 1. The molecule has 4 rings (SSSR count). The standard InChI is InChI=1S/C28H26NO5P/c1-22-17-19-24(20-18-22)27(29-28(30)32-21-23-11-5-2-6-12-23)35(31,33-25-13-7-3-8-14-25)34-26-15-9-4-10-16-26/h2-20,27H,21H2,1H3,(H,29,30). The van der Waals surface area contributed by atoms with Gasteiger partial charge in [0.2, 0.25) is 0 Å². The largest absolute Gasteiger partial charge is 0.457 e. The molecule has 0 heterocycles. The van der Waals surface area contributed by atoms with E-state index >= 15 is 0 Å². The molecule has 1 amide bonds. The van der Waals surface area contributed by atoms with Crippen molar-refractivity contribution >= 4 is 13.7 Å². The Morgan fingerprint density at radius 1 is 0.743 bits per heavy atom. The van der Waals surface area contributed by atoms with Crippen LogP contribution in [0.2, 0.25) is 0 Å². The zero-order chi connectivity index (χ0) is 24.5. The predicted octanol–water partition coefficient (Wildman–Crippen LogP) is 7.27. The topological polar surface area (TPSA) is 73.9 Å². The lowest BCUT2D eigenvalue weighted by Crippen LogP contribution is -2.31. The number of benzene rings is 4. The van der Waals surface area contributed by atoms with Crippen molar-refractivity contribution in [3.05, 3.63) is 132 Å². The first-order chi connectivity index (χ1) is 17.0. The lowest BCUT2D eigenvalue weighted by Gasteiger charge is -2.28. The minimum Gasteiger partial charge on any atom is -0.445 e. The number of carbonyl (C=O) groups is 1. The summed E-state index contributed by atoms with van der Waals surface area (Å²) >= 11 is 0. The molecule has 0 aliphatic heterocycles. The van der Waals surface area contributed by atoms with Crippen molar-refractivity contribution in [2.75, 3.05) is 0 Å². The molecule has 1 unspecified atom stereocenters. The van der Waals surface area contributed by atoms with Gasteiger partial charge in [-0.05, 0) is 42.3 Å². The first kappa shape index (κ1) is 24.1. The summed E-state index contributed by atoms with van der Waals surface area (Å²) in [4.78, 5) is 12.9. The molecule has 35 heavy (non-hydrogen) atoms. The second kappa shape index (κ2) is 11.4. The fourth-order valence-corrected chi connectivity index (χ4v) is 5.23. The number of aryl methyl sites for hydroxylation is 1. The summed E-state index contributed by atoms with van der Waals surface area (Å²) in [5.74, 6) is -0.432. The molecular formula is C28H26NO5P. The molecule has 0 saturated heterocycles. The maximum Gasteiger partial charge on any atom is 0.457 e. The van der Waals surface area contributed by atoms with Gasteiger partial charge in [-0.25, -0.2) is 9.36 Å². The van der Waals surface area contributed by atoms with Crippen molar-refractivity contribution in [1.82, 2.24) is 5.32 Å². The molecule has 0 radical (unpaired) electrons. The molecule has 0 spiro atoms. The summed E-state index contributed by atoms with van der Waals surface area (Å²) in [5, 5.41) is 2.73. The molecule has 0 saturated carbocycles. The Morgan fingerprint density at radius 2 is 1.23 bits per heavy atom. The third-order valence-electron chi connectivity index (χ3n) is 5.13. The van der Waals surface area contributed by atoms with Gasteiger partial charge < -0.3 is 19.1 Å². The van der Waals surface area contributed by atoms with Crippen LogP contribution >= 0.6 is 7.60 Å². The maximum atomic E-state index is 14.4. The summed E-state index contributed by atoms with van der Waals surface area (Å²) in [7, 11) is -4.07. The van der Waals surface area contributed by atoms with Crippen LogP contribution < -0.4 is 14.4 Å². The lowest BCUT2D eigenvalue weighted by atomic mass is 10.1. The van der Waals surface area contributed by atoms with Gasteiger partial charge in [0.15, 0.2) is 5.78 Å². The maximum absolute atomic E-state index is 14.4. The normalized spacial score (nSPS) is 11.8. The van der Waals surface area contributed by atoms with E-state index in [1.165, 1.54) is 0 Å². The quantitative estimate of drug-likeness (QED) is 0.251. The average Bonchev–Trinajstić information content (AvgIpc) is 2.88. The summed E-state index contributed by atoms with van der Waals surface area (Å²) < 4.78 is 31.8. The van der Waals surface area contributed by atoms with Crippen LogP contribution in [0, 0.1) is 6.92 Å². The second-order valence-corrected chi connectivity index (χ2v) is 9.83. The van der Waals surface area contributed by atoms with Crippen LogP contribution in [0.3, 0.4) is 0 Å². The minimum absolute atomic E-state index is 0.0661. The van der Waals surface area contributed by atoms with Gasteiger partial charge in [-0.1, -0.05) is 96.6 Å². The number of rotatable bonds is 9. The Balaban J connectivity index is 1.66. The van der Waals surface area contributed by atoms with Gasteiger partial charge in [-0.3, -0.25) is 0 Å². The number of hydrogen-bond donors (Lipinski definition) is 1. The molecule has 6 nitrogen and oxygen atoms in total. The Labute approximate surface area is 205 Å². The molecule has 4 aromatic carbocycles. The zero-order valence-corrected chi connectivity index (χ0v) is 20.1. The summed E-state index contributed by atoms with van der Waals surface area (Å²) in [6, 6.07) is 34.1. The first-order valence-electron chi connectivity index (χ1n) is 11.1. The van der Waals surface area contributed by atoms with Gasteiger partial charge in [0.1, 0.15) is 18.1 Å². The van der Waals surface area contributed by atoms with Gasteiger partial charge in [-0.2, -0.15) is 0 Å². The lowest BCUT2D eigenvalue weighted by molar-refractivity contribution is 0.137. The summed E-state index contributed by atoms with van der Waals surface area (Å²) in [5.41, 5.74) is 2.41. The van der Waals surface area contributed by atoms with E-state index in [2.05, 4.69) is 5.32 Å². The fourth-order valence-electron chi connectivity index (χ4n) is 3.35. The van der Waals surface area contributed by atoms with Crippen LogP contribution in [0.5, 0.6) is 11.5 Å². The molecule has 1 N–H and O–H groups in total. The van der Waals surface area contributed by atoms with Gasteiger partial charge in [0.05, 0.1) is 0 Å². The van der Waals surface area contributed by atoms with E-state index in [0.29, 0.717) is 17.1 Å². The van der Waals surface area contributed by atoms with E-state index in [1.54, 1.807) is 60.7 Å². The molecule has 1 atom stereocenters. The van der Waals surface area contributed by atoms with Gasteiger partial charge in [-0.15, -0.1) is 0 Å². The highest BCUT2D eigenvalue weighted by Crippen LogP contribution is 2.59. The highest BCUT2D eigenvalue weighted by Gasteiger charge is 2.42.